The predicted molar refractivity (Wildman–Crippen MR) is 170 cm³/mol. The zero-order valence-electron chi connectivity index (χ0n) is 22.9. The maximum atomic E-state index is 11.5. The third-order valence-electron chi connectivity index (χ3n) is 8.38. The van der Waals surface area contributed by atoms with Gasteiger partial charge in [0, 0.05) is 5.56 Å². The van der Waals surface area contributed by atoms with Crippen molar-refractivity contribution < 1.29 is 10.2 Å². The molecule has 194 valence electrons. The molecule has 0 radical (unpaired) electrons. The van der Waals surface area contributed by atoms with E-state index >= 15 is 0 Å². The lowest BCUT2D eigenvalue weighted by Gasteiger charge is -2.26. The summed E-state index contributed by atoms with van der Waals surface area (Å²) in [5.41, 5.74) is 5.26. The fourth-order valence-electron chi connectivity index (χ4n) is 6.45. The largest absolute Gasteiger partial charge is 0.508 e. The molecule has 0 saturated carbocycles. The maximum absolute atomic E-state index is 11.5. The van der Waals surface area contributed by atoms with Crippen molar-refractivity contribution >= 4 is 48.8 Å². The molecular formula is C38H30O2. The lowest BCUT2D eigenvalue weighted by atomic mass is 9.81. The maximum Gasteiger partial charge on any atom is 0.116 e. The van der Waals surface area contributed by atoms with Crippen LogP contribution in [0.1, 0.15) is 30.5 Å². The van der Waals surface area contributed by atoms with E-state index in [0.717, 1.165) is 44.0 Å². The number of aliphatic hydroxyl groups excluding tert-OH is 1. The second-order valence-electron chi connectivity index (χ2n) is 11.4. The van der Waals surface area contributed by atoms with E-state index in [0.29, 0.717) is 5.56 Å². The van der Waals surface area contributed by atoms with Gasteiger partial charge in [-0.3, -0.25) is 0 Å². The molecule has 7 aromatic carbocycles. The van der Waals surface area contributed by atoms with Crippen molar-refractivity contribution in [2.24, 2.45) is 0 Å². The molecule has 0 amide bonds. The summed E-state index contributed by atoms with van der Waals surface area (Å²) in [6.45, 7) is 9.72. The lowest BCUT2D eigenvalue weighted by Crippen LogP contribution is -2.17. The van der Waals surface area contributed by atoms with Gasteiger partial charge in [0.1, 0.15) is 5.76 Å². The van der Waals surface area contributed by atoms with Gasteiger partial charge in [0.05, 0.1) is 5.60 Å². The van der Waals surface area contributed by atoms with Crippen LogP contribution in [0.5, 0.6) is 0 Å². The van der Waals surface area contributed by atoms with Crippen LogP contribution < -0.4 is 0 Å². The molecule has 0 fully saturated rings. The summed E-state index contributed by atoms with van der Waals surface area (Å²) in [5, 5.41) is 31.9. The van der Waals surface area contributed by atoms with Gasteiger partial charge in [-0.15, -0.1) is 0 Å². The highest BCUT2D eigenvalue weighted by Crippen LogP contribution is 2.45. The molecule has 0 aromatic heterocycles. The third kappa shape index (κ3) is 3.61. The van der Waals surface area contributed by atoms with Gasteiger partial charge in [0.25, 0.3) is 0 Å². The summed E-state index contributed by atoms with van der Waals surface area (Å²) in [5.74, 6) is 0.000846. The Labute approximate surface area is 233 Å². The molecule has 0 spiro atoms. The van der Waals surface area contributed by atoms with Gasteiger partial charge in [-0.25, -0.2) is 0 Å². The normalized spacial score (nSPS) is 12.2. The van der Waals surface area contributed by atoms with Crippen molar-refractivity contribution in [3.63, 3.8) is 0 Å². The van der Waals surface area contributed by atoms with E-state index in [1.165, 1.54) is 32.5 Å². The van der Waals surface area contributed by atoms with Gasteiger partial charge in [-0.05, 0) is 109 Å². The quantitative estimate of drug-likeness (QED) is 0.180. The summed E-state index contributed by atoms with van der Waals surface area (Å²) in [7, 11) is 0. The van der Waals surface area contributed by atoms with Crippen LogP contribution in [0.15, 0.2) is 110 Å². The highest BCUT2D eigenvalue weighted by Gasteiger charge is 2.26. The fourth-order valence-corrected chi connectivity index (χ4v) is 6.45. The molecule has 2 heteroatoms. The second-order valence-corrected chi connectivity index (χ2v) is 11.4. The monoisotopic (exact) mass is 518 g/mol. The van der Waals surface area contributed by atoms with Crippen LogP contribution in [0.4, 0.5) is 0 Å². The molecule has 40 heavy (non-hydrogen) atoms. The highest BCUT2D eigenvalue weighted by molar-refractivity contribution is 6.25. The first-order valence-corrected chi connectivity index (χ1v) is 13.7. The Morgan fingerprint density at radius 2 is 1.20 bits per heavy atom. The first kappa shape index (κ1) is 24.4. The van der Waals surface area contributed by atoms with Crippen molar-refractivity contribution in [2.45, 2.75) is 26.4 Å². The summed E-state index contributed by atoms with van der Waals surface area (Å²) in [6.07, 6.45) is 0. The molecule has 7 aromatic rings. The standard InChI is InChI=1S/C38H30O2/c1-22-12-17-29(28-11-6-5-10-27(22)28)33-21-35(38(3,4)40)34(20-32(33)23(2)39)30-18-15-26-14-13-24-8-7-9-25-16-19-31(30)37(26)36(24)25/h5-21,39-40H,2H2,1,3-4H3. The van der Waals surface area contributed by atoms with Crippen molar-refractivity contribution in [1.29, 1.82) is 0 Å². The molecule has 2 N–H and O–H groups in total. The third-order valence-corrected chi connectivity index (χ3v) is 8.38. The molecular weight excluding hydrogens is 488 g/mol. The Balaban J connectivity index is 1.59. The molecule has 0 aliphatic carbocycles. The van der Waals surface area contributed by atoms with Crippen LogP contribution in [0, 0.1) is 6.92 Å². The topological polar surface area (TPSA) is 40.5 Å². The van der Waals surface area contributed by atoms with E-state index in [4.69, 9.17) is 0 Å². The van der Waals surface area contributed by atoms with E-state index in [2.05, 4.69) is 92.4 Å². The van der Waals surface area contributed by atoms with Crippen LogP contribution in [-0.4, -0.2) is 10.2 Å². The summed E-state index contributed by atoms with van der Waals surface area (Å²) < 4.78 is 0. The molecule has 7 rings (SSSR count). The fraction of sp³-hybridized carbons (Fsp3) is 0.105. The van der Waals surface area contributed by atoms with Gasteiger partial charge >= 0.3 is 0 Å². The number of aliphatic hydroxyl groups is 2. The Morgan fingerprint density at radius 1 is 0.600 bits per heavy atom. The van der Waals surface area contributed by atoms with E-state index in [9.17, 15) is 10.2 Å². The van der Waals surface area contributed by atoms with Gasteiger partial charge < -0.3 is 10.2 Å². The number of aryl methyl sites for hydroxylation is 1. The van der Waals surface area contributed by atoms with Gasteiger partial charge in [0.15, 0.2) is 0 Å². The summed E-state index contributed by atoms with van der Waals surface area (Å²) in [6, 6.07) is 36.0. The van der Waals surface area contributed by atoms with Gasteiger partial charge in [-0.1, -0.05) is 97.6 Å². The number of rotatable bonds is 4. The minimum absolute atomic E-state index is 0.000846. The van der Waals surface area contributed by atoms with E-state index < -0.39 is 5.60 Å². The Kier molecular flexibility index (Phi) is 5.29. The number of fused-ring (bicyclic) bond motifs is 1. The average molecular weight is 519 g/mol. The molecule has 0 saturated heterocycles. The van der Waals surface area contributed by atoms with Crippen LogP contribution in [0.25, 0.3) is 71.1 Å². The minimum Gasteiger partial charge on any atom is -0.508 e. The summed E-state index contributed by atoms with van der Waals surface area (Å²) >= 11 is 0. The first-order valence-electron chi connectivity index (χ1n) is 13.7. The van der Waals surface area contributed by atoms with Crippen LogP contribution in [-0.2, 0) is 5.60 Å². The predicted octanol–water partition coefficient (Wildman–Crippen LogP) is 10.1. The number of hydrogen-bond donors (Lipinski definition) is 2. The van der Waals surface area contributed by atoms with E-state index in [1.54, 1.807) is 0 Å². The van der Waals surface area contributed by atoms with Gasteiger partial charge in [0.2, 0.25) is 0 Å². The average Bonchev–Trinajstić information content (AvgIpc) is 2.95. The molecule has 2 nitrogen and oxygen atoms in total. The van der Waals surface area contributed by atoms with Gasteiger partial charge in [-0.2, -0.15) is 0 Å². The minimum atomic E-state index is -1.14. The van der Waals surface area contributed by atoms with E-state index in [1.807, 2.05) is 38.1 Å². The van der Waals surface area contributed by atoms with Crippen LogP contribution in [0.2, 0.25) is 0 Å². The van der Waals surface area contributed by atoms with Crippen molar-refractivity contribution in [3.8, 4) is 22.3 Å². The molecule has 0 atom stereocenters. The van der Waals surface area contributed by atoms with Crippen molar-refractivity contribution in [2.75, 3.05) is 0 Å². The van der Waals surface area contributed by atoms with Crippen molar-refractivity contribution in [1.82, 2.24) is 0 Å². The molecule has 0 aliphatic heterocycles. The highest BCUT2D eigenvalue weighted by atomic mass is 16.3. The Bertz CT molecular complexity index is 2110. The zero-order chi connectivity index (χ0) is 27.8. The first-order chi connectivity index (χ1) is 19.2. The molecule has 0 aliphatic rings. The molecule has 0 bridgehead atoms. The number of benzene rings is 7. The van der Waals surface area contributed by atoms with Crippen LogP contribution in [0.3, 0.4) is 0 Å². The second kappa shape index (κ2) is 8.67. The Morgan fingerprint density at radius 3 is 1.90 bits per heavy atom. The van der Waals surface area contributed by atoms with E-state index in [-0.39, 0.29) is 5.76 Å². The lowest BCUT2D eigenvalue weighted by molar-refractivity contribution is 0.0792. The Hall–Kier alpha value is -4.66. The van der Waals surface area contributed by atoms with Crippen LogP contribution >= 0.6 is 0 Å². The smallest absolute Gasteiger partial charge is 0.116 e. The SMILES string of the molecule is C=C(O)c1cc(-c2ccc3ccc4cccc5ccc2c3c45)c(C(C)(C)O)cc1-c1ccc(C)c2ccccc12. The molecule has 0 unspecified atom stereocenters. The zero-order valence-corrected chi connectivity index (χ0v) is 22.9. The van der Waals surface area contributed by atoms with Crippen molar-refractivity contribution in [3.05, 3.63) is 126 Å². The molecule has 0 heterocycles. The summed E-state index contributed by atoms with van der Waals surface area (Å²) in [4.78, 5) is 0. The number of hydrogen-bond acceptors (Lipinski definition) is 2.